The van der Waals surface area contributed by atoms with Crippen LogP contribution < -0.4 is 0 Å². The van der Waals surface area contributed by atoms with Crippen LogP contribution in [0.15, 0.2) is 11.6 Å². The lowest BCUT2D eigenvalue weighted by atomic mass is 9.48. The molecule has 0 aromatic carbocycles. The molecule has 0 aliphatic heterocycles. The Morgan fingerprint density at radius 2 is 1.16 bits per heavy atom. The summed E-state index contributed by atoms with van der Waals surface area (Å²) in [4.78, 5) is 10.5. The van der Waals surface area contributed by atoms with Gasteiger partial charge in [-0.1, -0.05) is 148 Å². The lowest BCUT2D eigenvalue weighted by Gasteiger charge is -2.57. The van der Waals surface area contributed by atoms with Gasteiger partial charge in [-0.2, -0.15) is 0 Å². The highest BCUT2D eigenvalue weighted by Crippen LogP contribution is 2.60. The van der Waals surface area contributed by atoms with Crippen molar-refractivity contribution < 1.29 is 9.90 Å². The summed E-state index contributed by atoms with van der Waals surface area (Å²) < 4.78 is 0. The molecule has 0 saturated heterocycles. The Morgan fingerprint density at radius 3 is 1.62 bits per heavy atom. The molecule has 1 fully saturated rings. The smallest absolute Gasteiger partial charge is 0.303 e. The molecule has 0 heterocycles. The van der Waals surface area contributed by atoms with Gasteiger partial charge in [-0.15, -0.1) is 0 Å². The van der Waals surface area contributed by atoms with E-state index in [1.54, 1.807) is 5.57 Å². The van der Waals surface area contributed by atoms with Crippen LogP contribution in [0, 0.1) is 22.7 Å². The van der Waals surface area contributed by atoms with Gasteiger partial charge in [-0.05, 0) is 61.7 Å². The molecule has 0 spiro atoms. The second kappa shape index (κ2) is 17.7. The lowest BCUT2D eigenvalue weighted by molar-refractivity contribution is -0.137. The largest absolute Gasteiger partial charge is 0.481 e. The van der Waals surface area contributed by atoms with E-state index in [1.807, 2.05) is 0 Å². The molecular formula is C35H64O2. The molecule has 37 heavy (non-hydrogen) atoms. The van der Waals surface area contributed by atoms with Gasteiger partial charge in [-0.3, -0.25) is 4.79 Å². The van der Waals surface area contributed by atoms with E-state index < -0.39 is 5.97 Å². The fourth-order valence-electron chi connectivity index (χ4n) is 8.15. The second-order valence-corrected chi connectivity index (χ2v) is 13.9. The van der Waals surface area contributed by atoms with Gasteiger partial charge in [0.05, 0.1) is 0 Å². The monoisotopic (exact) mass is 516 g/mol. The Bertz CT molecular complexity index is 648. The molecule has 0 aromatic heterocycles. The van der Waals surface area contributed by atoms with Crippen LogP contribution in [-0.2, 0) is 4.79 Å². The number of carboxylic acids is 1. The van der Waals surface area contributed by atoms with E-state index in [2.05, 4.69) is 33.8 Å². The highest BCUT2D eigenvalue weighted by Gasteiger charge is 2.51. The minimum Gasteiger partial charge on any atom is -0.481 e. The van der Waals surface area contributed by atoms with E-state index in [0.29, 0.717) is 17.3 Å². The van der Waals surface area contributed by atoms with E-state index in [0.717, 1.165) is 24.7 Å². The van der Waals surface area contributed by atoms with Gasteiger partial charge in [-0.25, -0.2) is 0 Å². The molecule has 1 saturated carbocycles. The van der Waals surface area contributed by atoms with Gasteiger partial charge in [0.2, 0.25) is 0 Å². The predicted octanol–water partition coefficient (Wildman–Crippen LogP) is 11.7. The first-order valence-electron chi connectivity index (χ1n) is 16.7. The van der Waals surface area contributed by atoms with Crippen LogP contribution in [0.5, 0.6) is 0 Å². The molecule has 2 nitrogen and oxygen atoms in total. The highest BCUT2D eigenvalue weighted by atomic mass is 16.4. The Labute approximate surface area is 231 Å². The number of hydrogen-bond acceptors (Lipinski definition) is 1. The van der Waals surface area contributed by atoms with Crippen molar-refractivity contribution in [3.05, 3.63) is 11.6 Å². The minimum absolute atomic E-state index is 0.344. The third kappa shape index (κ3) is 11.9. The van der Waals surface area contributed by atoms with E-state index in [4.69, 9.17) is 5.11 Å². The first-order chi connectivity index (χ1) is 17.8. The summed E-state index contributed by atoms with van der Waals surface area (Å²) in [6, 6.07) is 0. The Hall–Kier alpha value is -0.790. The number of hydrogen-bond donors (Lipinski definition) is 1. The third-order valence-corrected chi connectivity index (χ3v) is 10.4. The summed E-state index contributed by atoms with van der Waals surface area (Å²) in [6.07, 6.45) is 34.3. The molecule has 0 unspecified atom stereocenters. The van der Waals surface area contributed by atoms with Crippen molar-refractivity contribution in [1.29, 1.82) is 0 Å². The average Bonchev–Trinajstić information content (AvgIpc) is 2.83. The van der Waals surface area contributed by atoms with Crippen LogP contribution in [0.2, 0.25) is 0 Å². The highest BCUT2D eigenvalue weighted by molar-refractivity contribution is 5.66. The standard InChI is InChI=1S/C35H64O2/c1-30-26-27-32-34(2,3)28-23-29-35(32,4)31(30)24-21-19-17-15-13-11-9-7-5-6-8-10-12-14-16-18-20-22-25-33(36)37/h26,31-32H,5-25,27-29H2,1-4H3,(H,36,37)/t31-,32-,35+/m0/s1. The molecule has 0 radical (unpaired) electrons. The molecule has 0 aromatic rings. The summed E-state index contributed by atoms with van der Waals surface area (Å²) in [5.74, 6) is 1.07. The fraction of sp³-hybridized carbons (Fsp3) is 0.914. The summed E-state index contributed by atoms with van der Waals surface area (Å²) in [6.45, 7) is 10.2. The zero-order valence-corrected chi connectivity index (χ0v) is 25.6. The third-order valence-electron chi connectivity index (χ3n) is 10.4. The predicted molar refractivity (Wildman–Crippen MR) is 161 cm³/mol. The zero-order chi connectivity index (χ0) is 27.0. The molecule has 2 aliphatic carbocycles. The molecule has 3 atom stereocenters. The molecule has 0 bridgehead atoms. The van der Waals surface area contributed by atoms with E-state index in [-0.39, 0.29) is 0 Å². The van der Waals surface area contributed by atoms with Crippen molar-refractivity contribution >= 4 is 5.97 Å². The first-order valence-corrected chi connectivity index (χ1v) is 16.7. The van der Waals surface area contributed by atoms with Crippen molar-refractivity contribution in [2.45, 2.75) is 182 Å². The SMILES string of the molecule is CC1=CC[C@H]2C(C)(C)CCC[C@]2(C)[C@H]1CCCCCCCCCCCCCCCCCCCCC(=O)O. The molecule has 2 aliphatic rings. The lowest BCUT2D eigenvalue weighted by Crippen LogP contribution is -2.48. The Morgan fingerprint density at radius 1 is 0.730 bits per heavy atom. The fourth-order valence-corrected chi connectivity index (χ4v) is 8.15. The zero-order valence-electron chi connectivity index (χ0n) is 25.6. The van der Waals surface area contributed by atoms with E-state index in [9.17, 15) is 4.79 Å². The van der Waals surface area contributed by atoms with Crippen molar-refractivity contribution in [3.8, 4) is 0 Å². The van der Waals surface area contributed by atoms with Crippen LogP contribution >= 0.6 is 0 Å². The van der Waals surface area contributed by atoms with Crippen molar-refractivity contribution in [3.63, 3.8) is 0 Å². The number of rotatable bonds is 21. The van der Waals surface area contributed by atoms with E-state index in [1.165, 1.54) is 135 Å². The van der Waals surface area contributed by atoms with Crippen LogP contribution in [0.25, 0.3) is 0 Å². The summed E-state index contributed by atoms with van der Waals surface area (Å²) in [7, 11) is 0. The van der Waals surface area contributed by atoms with Gasteiger partial charge < -0.3 is 5.11 Å². The average molecular weight is 517 g/mol. The summed E-state index contributed by atoms with van der Waals surface area (Å²) >= 11 is 0. The van der Waals surface area contributed by atoms with E-state index >= 15 is 0 Å². The van der Waals surface area contributed by atoms with Crippen LogP contribution in [0.4, 0.5) is 0 Å². The van der Waals surface area contributed by atoms with Crippen LogP contribution in [0.3, 0.4) is 0 Å². The topological polar surface area (TPSA) is 37.3 Å². The van der Waals surface area contributed by atoms with Crippen molar-refractivity contribution in [2.24, 2.45) is 22.7 Å². The number of fused-ring (bicyclic) bond motifs is 1. The number of carbonyl (C=O) groups is 1. The second-order valence-electron chi connectivity index (χ2n) is 13.9. The quantitative estimate of drug-likeness (QED) is 0.122. The molecule has 0 amide bonds. The summed E-state index contributed by atoms with van der Waals surface area (Å²) in [5, 5.41) is 8.65. The minimum atomic E-state index is -0.649. The Balaban J connectivity index is 1.38. The summed E-state index contributed by atoms with van der Waals surface area (Å²) in [5.41, 5.74) is 2.78. The van der Waals surface area contributed by atoms with Crippen LogP contribution in [-0.4, -0.2) is 11.1 Å². The molecule has 1 N–H and O–H groups in total. The molecule has 216 valence electrons. The first kappa shape index (κ1) is 32.4. The maximum atomic E-state index is 10.5. The van der Waals surface area contributed by atoms with Gasteiger partial charge in [0.15, 0.2) is 0 Å². The van der Waals surface area contributed by atoms with Gasteiger partial charge >= 0.3 is 5.97 Å². The Kier molecular flexibility index (Phi) is 15.5. The van der Waals surface area contributed by atoms with Gasteiger partial charge in [0.1, 0.15) is 0 Å². The molecule has 2 heteroatoms. The van der Waals surface area contributed by atoms with Crippen molar-refractivity contribution in [2.75, 3.05) is 0 Å². The maximum absolute atomic E-state index is 10.5. The van der Waals surface area contributed by atoms with Crippen molar-refractivity contribution in [1.82, 2.24) is 0 Å². The number of aliphatic carboxylic acids is 1. The molecular weight excluding hydrogens is 452 g/mol. The van der Waals surface area contributed by atoms with Crippen LogP contribution in [0.1, 0.15) is 182 Å². The maximum Gasteiger partial charge on any atom is 0.303 e. The number of allylic oxidation sites excluding steroid dienone is 2. The number of unbranched alkanes of at least 4 members (excludes halogenated alkanes) is 17. The normalized spacial score (nSPS) is 25.0. The van der Waals surface area contributed by atoms with Gasteiger partial charge in [0.25, 0.3) is 0 Å². The number of carboxylic acid groups (broad SMARTS) is 1. The molecule has 2 rings (SSSR count). The van der Waals surface area contributed by atoms with Gasteiger partial charge in [0, 0.05) is 6.42 Å².